The molecule has 0 fully saturated rings. The van der Waals surface area contributed by atoms with Gasteiger partial charge in [-0.3, -0.25) is 0 Å². The molecule has 0 N–H and O–H groups in total. The van der Waals surface area contributed by atoms with Gasteiger partial charge in [0.25, 0.3) is 0 Å². The number of hydrogen-bond acceptors (Lipinski definition) is 3. The molecule has 0 atom stereocenters. The van der Waals surface area contributed by atoms with E-state index >= 15 is 0 Å². The molecule has 0 aromatic rings. The second-order valence-corrected chi connectivity index (χ2v) is 4.87. The Morgan fingerprint density at radius 2 is 2.00 bits per heavy atom. The summed E-state index contributed by atoms with van der Waals surface area (Å²) in [7, 11) is 0. The van der Waals surface area contributed by atoms with E-state index in [0.717, 1.165) is 0 Å². The lowest BCUT2D eigenvalue weighted by Gasteiger charge is -2.29. The van der Waals surface area contributed by atoms with Crippen molar-refractivity contribution in [1.82, 2.24) is 4.90 Å². The van der Waals surface area contributed by atoms with Crippen LogP contribution in [-0.2, 0) is 4.74 Å². The first-order valence-corrected chi connectivity index (χ1v) is 6.77. The molecule has 0 aliphatic heterocycles. The van der Waals surface area contributed by atoms with Crippen molar-refractivity contribution in [1.29, 1.82) is 0 Å². The van der Waals surface area contributed by atoms with Crippen molar-refractivity contribution in [2.45, 2.75) is 52.6 Å². The fraction of sp³-hybridized carbons (Fsp3) is 0.643. The molecule has 1 amide bonds. The quantitative estimate of drug-likeness (QED) is 0.165. The molecule has 0 unspecified atom stereocenters. The summed E-state index contributed by atoms with van der Waals surface area (Å²) in [4.78, 5) is 16.4. The number of unbranched alkanes of at least 4 members (excludes halogenated alkanes) is 1. The molecule has 0 bridgehead atoms. The van der Waals surface area contributed by atoms with Crippen LogP contribution in [0, 0.1) is 0 Å². The van der Waals surface area contributed by atoms with Crippen LogP contribution in [0.4, 0.5) is 4.79 Å². The van der Waals surface area contributed by atoms with Gasteiger partial charge in [-0.2, -0.15) is 0 Å². The normalized spacial score (nSPS) is 11.2. The zero-order chi connectivity index (χ0) is 15.5. The Balaban J connectivity index is 4.54. The highest BCUT2D eigenvalue weighted by atomic mass is 16.6. The van der Waals surface area contributed by atoms with Gasteiger partial charge in [-0.05, 0) is 58.2 Å². The van der Waals surface area contributed by atoms with Gasteiger partial charge in [0.15, 0.2) is 0 Å². The molecule has 0 radical (unpaired) electrons. The van der Waals surface area contributed by atoms with Gasteiger partial charge in [-0.1, -0.05) is 11.7 Å². The van der Waals surface area contributed by atoms with Crippen LogP contribution in [0.25, 0.3) is 10.4 Å². The monoisotopic (exact) mass is 280 g/mol. The van der Waals surface area contributed by atoms with Crippen LogP contribution in [-0.4, -0.2) is 29.6 Å². The second kappa shape index (κ2) is 9.92. The van der Waals surface area contributed by atoms with Crippen molar-refractivity contribution >= 4 is 6.09 Å². The zero-order valence-corrected chi connectivity index (χ0v) is 12.7. The maximum Gasteiger partial charge on any atom is 0.415 e. The predicted molar refractivity (Wildman–Crippen MR) is 80.1 cm³/mol. The lowest BCUT2D eigenvalue weighted by atomic mass is 10.2. The smallest absolute Gasteiger partial charge is 0.411 e. The van der Waals surface area contributed by atoms with Gasteiger partial charge in [-0.15, -0.1) is 0 Å². The van der Waals surface area contributed by atoms with Crippen LogP contribution in [0.3, 0.4) is 0 Å². The first kappa shape index (κ1) is 18.1. The third-order valence-corrected chi connectivity index (χ3v) is 2.60. The molecule has 0 aliphatic carbocycles. The molecular weight excluding hydrogens is 256 g/mol. The van der Waals surface area contributed by atoms with E-state index in [1.54, 1.807) is 11.0 Å². The van der Waals surface area contributed by atoms with Gasteiger partial charge in [0.1, 0.15) is 5.76 Å². The molecule has 0 aliphatic rings. The van der Waals surface area contributed by atoms with Crippen molar-refractivity contribution in [3.63, 3.8) is 0 Å². The Labute approximate surface area is 120 Å². The van der Waals surface area contributed by atoms with Gasteiger partial charge in [-0.25, -0.2) is 4.79 Å². The van der Waals surface area contributed by atoms with Gasteiger partial charge < -0.3 is 9.64 Å². The van der Waals surface area contributed by atoms with E-state index in [0.29, 0.717) is 25.1 Å². The molecule has 0 saturated carbocycles. The summed E-state index contributed by atoms with van der Waals surface area (Å²) in [6.45, 7) is 11.8. The molecule has 0 saturated heterocycles. The Morgan fingerprint density at radius 1 is 1.40 bits per heavy atom. The van der Waals surface area contributed by atoms with Gasteiger partial charge in [0, 0.05) is 23.5 Å². The van der Waals surface area contributed by atoms with Crippen LogP contribution in [0.1, 0.15) is 40.5 Å². The summed E-state index contributed by atoms with van der Waals surface area (Å²) in [6.07, 6.45) is 4.27. The minimum atomic E-state index is -0.379. The summed E-state index contributed by atoms with van der Waals surface area (Å²) in [6, 6.07) is 0.136. The number of ether oxygens (including phenoxy) is 1. The fourth-order valence-electron chi connectivity index (χ4n) is 1.79. The van der Waals surface area contributed by atoms with E-state index in [9.17, 15) is 4.79 Å². The summed E-state index contributed by atoms with van der Waals surface area (Å²) >= 11 is 0. The number of carbonyl (C=O) groups is 1. The lowest BCUT2D eigenvalue weighted by molar-refractivity contribution is 0.104. The van der Waals surface area contributed by atoms with Crippen LogP contribution < -0.4 is 0 Å². The highest BCUT2D eigenvalue weighted by Crippen LogP contribution is 2.12. The number of rotatable bonds is 8. The third-order valence-electron chi connectivity index (χ3n) is 2.60. The average Bonchev–Trinajstić information content (AvgIpc) is 2.36. The minimum absolute atomic E-state index is 0.0681. The largest absolute Gasteiger partial charge is 0.415 e. The lowest BCUT2D eigenvalue weighted by Crippen LogP contribution is -2.42. The first-order valence-electron chi connectivity index (χ1n) is 6.77. The van der Waals surface area contributed by atoms with E-state index in [-0.39, 0.29) is 18.2 Å². The molecule has 0 aromatic carbocycles. The van der Waals surface area contributed by atoms with Crippen molar-refractivity contribution in [3.8, 4) is 0 Å². The molecule has 112 valence electrons. The number of nitrogens with zero attached hydrogens (tertiary/aromatic N) is 4. The fourth-order valence-corrected chi connectivity index (χ4v) is 1.79. The van der Waals surface area contributed by atoms with E-state index in [1.807, 2.05) is 27.7 Å². The summed E-state index contributed by atoms with van der Waals surface area (Å²) in [5.41, 5.74) is 8.16. The molecule has 0 heterocycles. The number of amides is 1. The van der Waals surface area contributed by atoms with Crippen LogP contribution in [0.15, 0.2) is 29.6 Å². The predicted octanol–water partition coefficient (Wildman–Crippen LogP) is 4.40. The molecule has 6 nitrogen and oxygen atoms in total. The summed E-state index contributed by atoms with van der Waals surface area (Å²) in [5.74, 6) is 0.433. The minimum Gasteiger partial charge on any atom is -0.411 e. The van der Waals surface area contributed by atoms with E-state index < -0.39 is 0 Å². The van der Waals surface area contributed by atoms with Gasteiger partial charge >= 0.3 is 6.09 Å². The summed E-state index contributed by atoms with van der Waals surface area (Å²) in [5, 5.41) is 3.44. The van der Waals surface area contributed by atoms with E-state index in [1.165, 1.54) is 6.08 Å². The number of hydrogen-bond donors (Lipinski definition) is 0. The SMILES string of the molecule is C=C/C(=C\CCCN=[N+]=[N-])OC(=O)N(C(C)C)C(C)C. The van der Waals surface area contributed by atoms with Crippen molar-refractivity contribution in [2.24, 2.45) is 5.11 Å². The molecule has 0 spiro atoms. The molecule has 0 rings (SSSR count). The molecule has 6 heteroatoms. The Morgan fingerprint density at radius 3 is 2.45 bits per heavy atom. The number of azide groups is 1. The average molecular weight is 280 g/mol. The van der Waals surface area contributed by atoms with E-state index in [4.69, 9.17) is 10.3 Å². The molecular formula is C14H24N4O2. The maximum atomic E-state index is 12.1. The van der Waals surface area contributed by atoms with Gasteiger partial charge in [0.05, 0.1) is 0 Å². The summed E-state index contributed by atoms with van der Waals surface area (Å²) < 4.78 is 5.32. The Bertz CT molecular complexity index is 388. The highest BCUT2D eigenvalue weighted by molar-refractivity contribution is 5.70. The van der Waals surface area contributed by atoms with Gasteiger partial charge in [0.2, 0.25) is 0 Å². The topological polar surface area (TPSA) is 78.3 Å². The van der Waals surface area contributed by atoms with Crippen LogP contribution in [0.2, 0.25) is 0 Å². The highest BCUT2D eigenvalue weighted by Gasteiger charge is 2.22. The number of carbonyl (C=O) groups excluding carboxylic acids is 1. The second-order valence-electron chi connectivity index (χ2n) is 4.87. The Kier molecular flexibility index (Phi) is 8.96. The first-order chi connectivity index (χ1) is 9.43. The van der Waals surface area contributed by atoms with Crippen molar-refractivity contribution in [3.05, 3.63) is 34.9 Å². The van der Waals surface area contributed by atoms with Crippen molar-refractivity contribution < 1.29 is 9.53 Å². The molecule has 0 aromatic heterocycles. The standard InChI is InChI=1S/C14H24N4O2/c1-6-13(9-7-8-10-16-17-15)20-14(19)18(11(2)3)12(4)5/h6,9,11-12H,1,7-8,10H2,2-5H3/b13-9+. The number of allylic oxidation sites excluding steroid dienone is 2. The Hall–Kier alpha value is -1.94. The van der Waals surface area contributed by atoms with Crippen molar-refractivity contribution in [2.75, 3.05) is 6.54 Å². The zero-order valence-electron chi connectivity index (χ0n) is 12.7. The van der Waals surface area contributed by atoms with E-state index in [2.05, 4.69) is 16.6 Å². The maximum absolute atomic E-state index is 12.1. The third kappa shape index (κ3) is 6.85. The van der Waals surface area contributed by atoms with Crippen LogP contribution in [0.5, 0.6) is 0 Å². The van der Waals surface area contributed by atoms with Crippen LogP contribution >= 0.6 is 0 Å². The molecule has 20 heavy (non-hydrogen) atoms.